The third-order valence-corrected chi connectivity index (χ3v) is 5.41. The van der Waals surface area contributed by atoms with E-state index in [2.05, 4.69) is 46.5 Å². The zero-order valence-corrected chi connectivity index (χ0v) is 15.2. The molecule has 1 aromatic carbocycles. The Balaban J connectivity index is 1.47. The van der Waals surface area contributed by atoms with E-state index < -0.39 is 0 Å². The van der Waals surface area contributed by atoms with Gasteiger partial charge in [-0.1, -0.05) is 11.3 Å². The van der Waals surface area contributed by atoms with Gasteiger partial charge in [-0.3, -0.25) is 0 Å². The van der Waals surface area contributed by atoms with Crippen LogP contribution in [0.1, 0.15) is 44.1 Å². The number of nitrogens with zero attached hydrogens (tertiary/aromatic N) is 4. The summed E-state index contributed by atoms with van der Waals surface area (Å²) >= 11 is 0. The molecule has 5 nitrogen and oxygen atoms in total. The molecule has 1 atom stereocenters. The predicted molar refractivity (Wildman–Crippen MR) is 99.9 cm³/mol. The Morgan fingerprint density at radius 3 is 2.76 bits per heavy atom. The van der Waals surface area contributed by atoms with Crippen LogP contribution >= 0.6 is 0 Å². The zero-order chi connectivity index (χ0) is 17.1. The van der Waals surface area contributed by atoms with E-state index in [1.165, 1.54) is 62.0 Å². The molecular formula is C20H28N4O. The fraction of sp³-hybridized carbons (Fsp3) is 0.600. The largest absolute Gasteiger partial charge is 0.376 e. The second-order valence-corrected chi connectivity index (χ2v) is 7.36. The molecule has 0 bridgehead atoms. The maximum absolute atomic E-state index is 5.81. The number of anilines is 1. The highest BCUT2D eigenvalue weighted by molar-refractivity contribution is 5.67. The van der Waals surface area contributed by atoms with Crippen LogP contribution in [0.2, 0.25) is 0 Å². The normalized spacial score (nSPS) is 21.5. The average Bonchev–Trinajstić information content (AvgIpc) is 3.11. The van der Waals surface area contributed by atoms with Gasteiger partial charge in [0.15, 0.2) is 0 Å². The van der Waals surface area contributed by atoms with Crippen LogP contribution in [-0.4, -0.2) is 40.8 Å². The molecule has 2 aliphatic rings. The lowest BCUT2D eigenvalue weighted by Crippen LogP contribution is -2.29. The Bertz CT molecular complexity index is 699. The first-order valence-electron chi connectivity index (χ1n) is 9.67. The first-order chi connectivity index (χ1) is 12.3. The molecular weight excluding hydrogens is 312 g/mol. The first-order valence-corrected chi connectivity index (χ1v) is 9.67. The van der Waals surface area contributed by atoms with E-state index in [0.717, 1.165) is 25.3 Å². The zero-order valence-electron chi connectivity index (χ0n) is 15.2. The second kappa shape index (κ2) is 7.56. The number of rotatable bonds is 4. The standard InChI is InChI=1S/C20H28N4O/c1-16-13-17(23-10-4-2-5-11-23)8-9-19(16)20-15-24(22-21-20)14-18-7-3-6-12-25-18/h8-9,13,15,18H,2-7,10-12,14H2,1H3. The van der Waals surface area contributed by atoms with E-state index in [9.17, 15) is 0 Å². The van der Waals surface area contributed by atoms with Crippen LogP contribution in [0.25, 0.3) is 11.3 Å². The summed E-state index contributed by atoms with van der Waals surface area (Å²) in [4.78, 5) is 2.50. The Labute approximate surface area is 150 Å². The van der Waals surface area contributed by atoms with Crippen LogP contribution in [0.15, 0.2) is 24.4 Å². The Hall–Kier alpha value is -1.88. The smallest absolute Gasteiger partial charge is 0.113 e. The molecule has 2 saturated heterocycles. The molecule has 2 fully saturated rings. The predicted octanol–water partition coefficient (Wildman–Crippen LogP) is 3.81. The summed E-state index contributed by atoms with van der Waals surface area (Å²) in [6.07, 6.45) is 9.87. The highest BCUT2D eigenvalue weighted by Crippen LogP contribution is 2.28. The monoisotopic (exact) mass is 340 g/mol. The van der Waals surface area contributed by atoms with E-state index in [1.807, 2.05) is 4.68 Å². The minimum Gasteiger partial charge on any atom is -0.376 e. The van der Waals surface area contributed by atoms with E-state index in [4.69, 9.17) is 4.74 Å². The fourth-order valence-electron chi connectivity index (χ4n) is 3.96. The van der Waals surface area contributed by atoms with Crippen LogP contribution in [-0.2, 0) is 11.3 Å². The van der Waals surface area contributed by atoms with Crippen molar-refractivity contribution in [3.63, 3.8) is 0 Å². The average molecular weight is 340 g/mol. The highest BCUT2D eigenvalue weighted by Gasteiger charge is 2.17. The molecule has 0 radical (unpaired) electrons. The Morgan fingerprint density at radius 2 is 2.00 bits per heavy atom. The maximum Gasteiger partial charge on any atom is 0.113 e. The van der Waals surface area contributed by atoms with Gasteiger partial charge in [0.25, 0.3) is 0 Å². The van der Waals surface area contributed by atoms with Gasteiger partial charge in [-0.2, -0.15) is 0 Å². The number of ether oxygens (including phenoxy) is 1. The number of aryl methyl sites for hydroxylation is 1. The van der Waals surface area contributed by atoms with Crippen LogP contribution in [0.5, 0.6) is 0 Å². The Kier molecular flexibility index (Phi) is 5.02. The minimum atomic E-state index is 0.283. The molecule has 0 aliphatic carbocycles. The molecule has 0 N–H and O–H groups in total. The van der Waals surface area contributed by atoms with Gasteiger partial charge in [-0.05, 0) is 63.1 Å². The second-order valence-electron chi connectivity index (χ2n) is 7.36. The molecule has 0 saturated carbocycles. The van der Waals surface area contributed by atoms with Gasteiger partial charge < -0.3 is 9.64 Å². The molecule has 4 rings (SSSR count). The lowest BCUT2D eigenvalue weighted by Gasteiger charge is -2.29. The van der Waals surface area contributed by atoms with Crippen molar-refractivity contribution < 1.29 is 4.74 Å². The lowest BCUT2D eigenvalue weighted by molar-refractivity contribution is 0.00370. The van der Waals surface area contributed by atoms with Crippen molar-refractivity contribution in [3.8, 4) is 11.3 Å². The molecule has 3 heterocycles. The molecule has 0 amide bonds. The molecule has 134 valence electrons. The van der Waals surface area contributed by atoms with Crippen molar-refractivity contribution in [1.82, 2.24) is 15.0 Å². The number of benzene rings is 1. The molecule has 1 aromatic heterocycles. The quantitative estimate of drug-likeness (QED) is 0.849. The summed E-state index contributed by atoms with van der Waals surface area (Å²) in [6.45, 7) is 6.21. The van der Waals surface area contributed by atoms with Gasteiger partial charge in [0.05, 0.1) is 18.8 Å². The van der Waals surface area contributed by atoms with Gasteiger partial charge in [-0.15, -0.1) is 5.10 Å². The number of hydrogen-bond acceptors (Lipinski definition) is 4. The van der Waals surface area contributed by atoms with Gasteiger partial charge >= 0.3 is 0 Å². The van der Waals surface area contributed by atoms with Gasteiger partial charge in [0.2, 0.25) is 0 Å². The summed E-state index contributed by atoms with van der Waals surface area (Å²) in [5, 5.41) is 8.72. The van der Waals surface area contributed by atoms with E-state index in [-0.39, 0.29) is 6.10 Å². The van der Waals surface area contributed by atoms with Crippen LogP contribution in [0.4, 0.5) is 5.69 Å². The van der Waals surface area contributed by atoms with Gasteiger partial charge in [-0.25, -0.2) is 4.68 Å². The van der Waals surface area contributed by atoms with Gasteiger partial charge in [0.1, 0.15) is 5.69 Å². The summed E-state index contributed by atoms with van der Waals surface area (Å²) in [6, 6.07) is 6.73. The van der Waals surface area contributed by atoms with E-state index in [1.54, 1.807) is 0 Å². The van der Waals surface area contributed by atoms with Gasteiger partial charge in [0, 0.05) is 30.9 Å². The summed E-state index contributed by atoms with van der Waals surface area (Å²) in [7, 11) is 0. The summed E-state index contributed by atoms with van der Waals surface area (Å²) in [5.74, 6) is 0. The van der Waals surface area contributed by atoms with Crippen LogP contribution in [0, 0.1) is 6.92 Å². The topological polar surface area (TPSA) is 43.2 Å². The van der Waals surface area contributed by atoms with Crippen molar-refractivity contribution in [2.24, 2.45) is 0 Å². The summed E-state index contributed by atoms with van der Waals surface area (Å²) < 4.78 is 7.74. The van der Waals surface area contributed by atoms with Crippen molar-refractivity contribution in [2.75, 3.05) is 24.6 Å². The van der Waals surface area contributed by atoms with Crippen LogP contribution < -0.4 is 4.90 Å². The minimum absolute atomic E-state index is 0.283. The fourth-order valence-corrected chi connectivity index (χ4v) is 3.96. The molecule has 0 spiro atoms. The lowest BCUT2D eigenvalue weighted by atomic mass is 10.0. The van der Waals surface area contributed by atoms with Crippen molar-refractivity contribution >= 4 is 5.69 Å². The summed E-state index contributed by atoms with van der Waals surface area (Å²) in [5.41, 5.74) is 4.74. The van der Waals surface area contributed by atoms with Crippen molar-refractivity contribution in [2.45, 2.75) is 58.1 Å². The third-order valence-electron chi connectivity index (χ3n) is 5.41. The maximum atomic E-state index is 5.81. The van der Waals surface area contributed by atoms with E-state index >= 15 is 0 Å². The molecule has 5 heteroatoms. The third kappa shape index (κ3) is 3.87. The van der Waals surface area contributed by atoms with Crippen molar-refractivity contribution in [1.29, 1.82) is 0 Å². The van der Waals surface area contributed by atoms with E-state index in [0.29, 0.717) is 0 Å². The number of hydrogen-bond donors (Lipinski definition) is 0. The highest BCUT2D eigenvalue weighted by atomic mass is 16.5. The molecule has 1 unspecified atom stereocenters. The molecule has 2 aromatic rings. The molecule has 2 aliphatic heterocycles. The van der Waals surface area contributed by atoms with Crippen molar-refractivity contribution in [3.05, 3.63) is 30.0 Å². The number of aromatic nitrogens is 3. The van der Waals surface area contributed by atoms with Crippen LogP contribution in [0.3, 0.4) is 0 Å². The Morgan fingerprint density at radius 1 is 1.12 bits per heavy atom. The SMILES string of the molecule is Cc1cc(N2CCCCC2)ccc1-c1cn(CC2CCCCO2)nn1. The number of piperidine rings is 1. The first kappa shape index (κ1) is 16.6. The molecule has 25 heavy (non-hydrogen) atoms.